The lowest BCUT2D eigenvalue weighted by atomic mass is 9.83. The Labute approximate surface area is 167 Å². The van der Waals surface area contributed by atoms with Crippen LogP contribution in [0, 0.1) is 5.92 Å². The molecule has 150 valence electrons. The maximum atomic E-state index is 12.5. The molecule has 0 amide bonds. The number of nitrogens with one attached hydrogen (secondary N) is 1. The second-order valence-electron chi connectivity index (χ2n) is 8.26. The second kappa shape index (κ2) is 8.39. The SMILES string of the molecule is CC1CC[C@H](C)[C@H](Cc2ccccc2)N1c1cc(N2CCOCC2)cc(=O)[nH]1. The van der Waals surface area contributed by atoms with Gasteiger partial charge in [0.2, 0.25) is 0 Å². The van der Waals surface area contributed by atoms with Crippen LogP contribution in [0.5, 0.6) is 0 Å². The summed E-state index contributed by atoms with van der Waals surface area (Å²) in [6.45, 7) is 7.73. The number of ether oxygens (including phenoxy) is 1. The number of nitrogens with zero attached hydrogens (tertiary/aromatic N) is 2. The minimum Gasteiger partial charge on any atom is -0.378 e. The van der Waals surface area contributed by atoms with Crippen LogP contribution in [0.3, 0.4) is 0 Å². The number of anilines is 2. The highest BCUT2D eigenvalue weighted by Crippen LogP contribution is 2.34. The van der Waals surface area contributed by atoms with E-state index in [9.17, 15) is 4.79 Å². The Morgan fingerprint density at radius 3 is 2.57 bits per heavy atom. The highest BCUT2D eigenvalue weighted by Gasteiger charge is 2.34. The minimum absolute atomic E-state index is 0.0251. The summed E-state index contributed by atoms with van der Waals surface area (Å²) in [7, 11) is 0. The Morgan fingerprint density at radius 2 is 1.82 bits per heavy atom. The van der Waals surface area contributed by atoms with E-state index in [1.807, 2.05) is 0 Å². The largest absolute Gasteiger partial charge is 0.378 e. The Bertz CT molecular complexity index is 829. The van der Waals surface area contributed by atoms with Crippen LogP contribution in [0.2, 0.25) is 0 Å². The normalized spacial score (nSPS) is 25.7. The summed E-state index contributed by atoms with van der Waals surface area (Å²) in [5.74, 6) is 1.53. The number of H-pyrrole nitrogens is 1. The van der Waals surface area contributed by atoms with Crippen molar-refractivity contribution in [3.8, 4) is 0 Å². The van der Waals surface area contributed by atoms with Crippen molar-refractivity contribution in [2.75, 3.05) is 36.1 Å². The van der Waals surface area contributed by atoms with Crippen molar-refractivity contribution in [3.63, 3.8) is 0 Å². The summed E-state index contributed by atoms with van der Waals surface area (Å²) in [4.78, 5) is 20.4. The van der Waals surface area contributed by atoms with Gasteiger partial charge in [0.25, 0.3) is 5.56 Å². The van der Waals surface area contributed by atoms with Crippen molar-refractivity contribution in [1.29, 1.82) is 0 Å². The van der Waals surface area contributed by atoms with Crippen molar-refractivity contribution in [1.82, 2.24) is 4.98 Å². The third-order valence-electron chi connectivity index (χ3n) is 6.29. The maximum absolute atomic E-state index is 12.5. The standard InChI is InChI=1S/C23H31N3O2/c1-17-8-9-18(2)26(21(17)14-19-6-4-3-5-7-19)22-15-20(16-23(27)24-22)25-10-12-28-13-11-25/h3-7,15-18,21H,8-14H2,1-2H3,(H,24,27)/t17-,18?,21-/m0/s1. The smallest absolute Gasteiger partial charge is 0.251 e. The number of benzene rings is 1. The molecule has 0 radical (unpaired) electrons. The molecular weight excluding hydrogens is 350 g/mol. The van der Waals surface area contributed by atoms with Gasteiger partial charge >= 0.3 is 0 Å². The molecular formula is C23H31N3O2. The fourth-order valence-corrected chi connectivity index (χ4v) is 4.67. The molecule has 0 bridgehead atoms. The summed E-state index contributed by atoms with van der Waals surface area (Å²) < 4.78 is 5.47. The number of aromatic amines is 1. The van der Waals surface area contributed by atoms with Crippen molar-refractivity contribution in [3.05, 3.63) is 58.4 Å². The van der Waals surface area contributed by atoms with E-state index in [1.165, 1.54) is 12.0 Å². The van der Waals surface area contributed by atoms with E-state index < -0.39 is 0 Å². The molecule has 5 heteroatoms. The summed E-state index contributed by atoms with van der Waals surface area (Å²) in [6.07, 6.45) is 3.37. The zero-order valence-corrected chi connectivity index (χ0v) is 16.9. The van der Waals surface area contributed by atoms with Crippen LogP contribution in [0.4, 0.5) is 11.5 Å². The lowest BCUT2D eigenvalue weighted by Gasteiger charge is -2.46. The van der Waals surface area contributed by atoms with E-state index in [2.05, 4.69) is 65.0 Å². The third kappa shape index (κ3) is 4.09. The van der Waals surface area contributed by atoms with Crippen LogP contribution in [0.1, 0.15) is 32.3 Å². The molecule has 2 aliphatic heterocycles. The molecule has 2 aliphatic rings. The fraction of sp³-hybridized carbons (Fsp3) is 0.522. The van der Waals surface area contributed by atoms with E-state index in [4.69, 9.17) is 4.74 Å². The monoisotopic (exact) mass is 381 g/mol. The topological polar surface area (TPSA) is 48.6 Å². The first kappa shape index (κ1) is 19.1. The number of aromatic nitrogens is 1. The predicted molar refractivity (Wildman–Crippen MR) is 114 cm³/mol. The van der Waals surface area contributed by atoms with Crippen LogP contribution in [0.25, 0.3) is 0 Å². The van der Waals surface area contributed by atoms with Crippen molar-refractivity contribution < 1.29 is 4.74 Å². The zero-order valence-electron chi connectivity index (χ0n) is 16.9. The van der Waals surface area contributed by atoms with Crippen LogP contribution < -0.4 is 15.4 Å². The number of rotatable bonds is 4. The van der Waals surface area contributed by atoms with Gasteiger partial charge in [-0.1, -0.05) is 37.3 Å². The molecule has 1 unspecified atom stereocenters. The average Bonchev–Trinajstić information content (AvgIpc) is 2.72. The second-order valence-corrected chi connectivity index (χ2v) is 8.26. The lowest BCUT2D eigenvalue weighted by molar-refractivity contribution is 0.122. The summed E-state index contributed by atoms with van der Waals surface area (Å²) >= 11 is 0. The van der Waals surface area contributed by atoms with E-state index >= 15 is 0 Å². The van der Waals surface area contributed by atoms with E-state index in [0.29, 0.717) is 18.0 Å². The molecule has 5 nitrogen and oxygen atoms in total. The zero-order chi connectivity index (χ0) is 19.5. The van der Waals surface area contributed by atoms with E-state index in [-0.39, 0.29) is 5.56 Å². The van der Waals surface area contributed by atoms with Crippen molar-refractivity contribution in [2.45, 2.75) is 45.2 Å². The van der Waals surface area contributed by atoms with Crippen molar-refractivity contribution >= 4 is 11.5 Å². The summed E-state index contributed by atoms with van der Waals surface area (Å²) in [5.41, 5.74) is 2.33. The van der Waals surface area contributed by atoms with Gasteiger partial charge in [0, 0.05) is 43.0 Å². The molecule has 1 aromatic heterocycles. The van der Waals surface area contributed by atoms with Gasteiger partial charge in [0.1, 0.15) is 5.82 Å². The molecule has 0 aliphatic carbocycles. The van der Waals surface area contributed by atoms with Gasteiger partial charge in [-0.05, 0) is 37.7 Å². The van der Waals surface area contributed by atoms with Gasteiger partial charge in [-0.2, -0.15) is 0 Å². The molecule has 28 heavy (non-hydrogen) atoms. The van der Waals surface area contributed by atoms with Gasteiger partial charge < -0.3 is 19.5 Å². The van der Waals surface area contributed by atoms with Gasteiger partial charge in [-0.25, -0.2) is 0 Å². The number of piperidine rings is 1. The summed E-state index contributed by atoms with van der Waals surface area (Å²) in [5, 5.41) is 0. The average molecular weight is 382 g/mol. The number of hydrogen-bond acceptors (Lipinski definition) is 4. The molecule has 2 fully saturated rings. The van der Waals surface area contributed by atoms with Crippen LogP contribution >= 0.6 is 0 Å². The highest BCUT2D eigenvalue weighted by molar-refractivity contribution is 5.56. The quantitative estimate of drug-likeness (QED) is 0.881. The van der Waals surface area contributed by atoms with Crippen LogP contribution in [-0.4, -0.2) is 43.4 Å². The van der Waals surface area contributed by atoms with Crippen LogP contribution in [-0.2, 0) is 11.2 Å². The summed E-state index contributed by atoms with van der Waals surface area (Å²) in [6, 6.07) is 15.4. The molecule has 2 aromatic rings. The Kier molecular flexibility index (Phi) is 5.72. The molecule has 1 N–H and O–H groups in total. The third-order valence-corrected chi connectivity index (χ3v) is 6.29. The molecule has 0 spiro atoms. The Hall–Kier alpha value is -2.27. The van der Waals surface area contributed by atoms with E-state index in [1.54, 1.807) is 6.07 Å². The lowest BCUT2D eigenvalue weighted by Crippen LogP contribution is -2.51. The molecule has 3 atom stereocenters. The fourth-order valence-electron chi connectivity index (χ4n) is 4.67. The van der Waals surface area contributed by atoms with Crippen molar-refractivity contribution in [2.24, 2.45) is 5.92 Å². The maximum Gasteiger partial charge on any atom is 0.251 e. The van der Waals surface area contributed by atoms with Gasteiger partial charge in [0.15, 0.2) is 0 Å². The first-order chi connectivity index (χ1) is 13.6. The minimum atomic E-state index is -0.0251. The highest BCUT2D eigenvalue weighted by atomic mass is 16.5. The predicted octanol–water partition coefficient (Wildman–Crippen LogP) is 3.45. The molecule has 4 rings (SSSR count). The van der Waals surface area contributed by atoms with Crippen LogP contribution in [0.15, 0.2) is 47.3 Å². The van der Waals surface area contributed by atoms with E-state index in [0.717, 1.165) is 50.7 Å². The molecule has 0 saturated carbocycles. The molecule has 3 heterocycles. The number of hydrogen-bond donors (Lipinski definition) is 1. The number of pyridine rings is 1. The first-order valence-corrected chi connectivity index (χ1v) is 10.5. The molecule has 2 saturated heterocycles. The molecule has 1 aromatic carbocycles. The van der Waals surface area contributed by atoms with Gasteiger partial charge in [-0.15, -0.1) is 0 Å². The van der Waals surface area contributed by atoms with Gasteiger partial charge in [0.05, 0.1) is 13.2 Å². The Balaban J connectivity index is 1.67. The Morgan fingerprint density at radius 1 is 1.07 bits per heavy atom. The first-order valence-electron chi connectivity index (χ1n) is 10.5. The van der Waals surface area contributed by atoms with Gasteiger partial charge in [-0.3, -0.25) is 4.79 Å². The number of morpholine rings is 1.